The van der Waals surface area contributed by atoms with Gasteiger partial charge in [0.15, 0.2) is 0 Å². The highest BCUT2D eigenvalue weighted by molar-refractivity contribution is 7.10. The Labute approximate surface area is 213 Å². The van der Waals surface area contributed by atoms with E-state index in [0.29, 0.717) is 30.2 Å². The number of para-hydroxylation sites is 1. The molecule has 0 saturated carbocycles. The van der Waals surface area contributed by atoms with Gasteiger partial charge in [-0.1, -0.05) is 48.0 Å². The van der Waals surface area contributed by atoms with Gasteiger partial charge in [-0.25, -0.2) is 4.98 Å². The maximum absolute atomic E-state index is 13.0. The lowest BCUT2D eigenvalue weighted by atomic mass is 9.97. The molecule has 178 valence electrons. The van der Waals surface area contributed by atoms with Crippen molar-refractivity contribution in [1.29, 1.82) is 0 Å². The van der Waals surface area contributed by atoms with Crippen LogP contribution >= 0.6 is 22.9 Å². The number of aromatic nitrogens is 2. The minimum absolute atomic E-state index is 0.0932. The molecule has 1 N–H and O–H groups in total. The minimum Gasteiger partial charge on any atom is -0.342 e. The van der Waals surface area contributed by atoms with E-state index in [4.69, 9.17) is 11.6 Å². The minimum atomic E-state index is -0.226. The molecule has 0 radical (unpaired) electrons. The Morgan fingerprint density at radius 1 is 1.09 bits per heavy atom. The highest BCUT2D eigenvalue weighted by Gasteiger charge is 2.26. The molecule has 2 aromatic carbocycles. The summed E-state index contributed by atoms with van der Waals surface area (Å²) in [6.45, 7) is 3.27. The van der Waals surface area contributed by atoms with E-state index in [9.17, 15) is 9.59 Å². The number of rotatable bonds is 5. The van der Waals surface area contributed by atoms with Gasteiger partial charge in [0, 0.05) is 40.5 Å². The van der Waals surface area contributed by atoms with Gasteiger partial charge in [0.1, 0.15) is 5.69 Å². The fraction of sp³-hybridized carbons (Fsp3) is 0.259. The second-order valence-electron chi connectivity index (χ2n) is 8.78. The van der Waals surface area contributed by atoms with Crippen LogP contribution in [0, 0.1) is 6.92 Å². The van der Waals surface area contributed by atoms with E-state index in [1.54, 1.807) is 0 Å². The Hall–Kier alpha value is -3.29. The van der Waals surface area contributed by atoms with Crippen LogP contribution in [0.4, 0.5) is 5.69 Å². The van der Waals surface area contributed by atoms with Crippen LogP contribution in [0.3, 0.4) is 0 Å². The Bertz CT molecular complexity index is 1390. The van der Waals surface area contributed by atoms with Crippen molar-refractivity contribution in [2.75, 3.05) is 18.4 Å². The Balaban J connectivity index is 1.21. The van der Waals surface area contributed by atoms with Crippen LogP contribution in [-0.4, -0.2) is 39.8 Å². The Kier molecular flexibility index (Phi) is 6.79. The number of carbonyl (C=O) groups is 2. The maximum atomic E-state index is 13.0. The summed E-state index contributed by atoms with van der Waals surface area (Å²) in [7, 11) is 0. The van der Waals surface area contributed by atoms with Gasteiger partial charge in [0.25, 0.3) is 5.91 Å². The fourth-order valence-corrected chi connectivity index (χ4v) is 5.64. The molecule has 1 saturated heterocycles. The lowest BCUT2D eigenvalue weighted by molar-refractivity contribution is -0.131. The van der Waals surface area contributed by atoms with Crippen molar-refractivity contribution < 1.29 is 9.59 Å². The van der Waals surface area contributed by atoms with E-state index < -0.39 is 0 Å². The maximum Gasteiger partial charge on any atom is 0.275 e. The third-order valence-corrected chi connectivity index (χ3v) is 7.72. The van der Waals surface area contributed by atoms with Gasteiger partial charge < -0.3 is 10.2 Å². The number of hydrogen-bond acceptors (Lipinski definition) is 5. The average Bonchev–Trinajstić information content (AvgIpc) is 3.36. The summed E-state index contributed by atoms with van der Waals surface area (Å²) < 4.78 is 0. The van der Waals surface area contributed by atoms with Crippen molar-refractivity contribution in [2.24, 2.45) is 0 Å². The molecule has 4 aromatic rings. The van der Waals surface area contributed by atoms with E-state index in [1.165, 1.54) is 11.3 Å². The van der Waals surface area contributed by atoms with Gasteiger partial charge in [-0.05, 0) is 43.5 Å². The molecule has 0 aliphatic carbocycles. The molecule has 8 heteroatoms. The summed E-state index contributed by atoms with van der Waals surface area (Å²) >= 11 is 7.72. The molecular weight excluding hydrogens is 480 g/mol. The lowest BCUT2D eigenvalue weighted by Gasteiger charge is -2.31. The molecule has 2 aromatic heterocycles. The van der Waals surface area contributed by atoms with Crippen LogP contribution in [0.2, 0.25) is 5.02 Å². The van der Waals surface area contributed by atoms with Crippen LogP contribution in [0.15, 0.2) is 60.0 Å². The van der Waals surface area contributed by atoms with Gasteiger partial charge in [-0.2, -0.15) is 0 Å². The number of nitrogens with zero attached hydrogens (tertiary/aromatic N) is 3. The number of aryl methyl sites for hydroxylation is 1. The number of fused-ring (bicyclic) bond motifs is 1. The van der Waals surface area contributed by atoms with E-state index in [0.717, 1.165) is 45.7 Å². The van der Waals surface area contributed by atoms with Crippen molar-refractivity contribution in [3.8, 4) is 0 Å². The number of piperidine rings is 1. The van der Waals surface area contributed by atoms with Crippen molar-refractivity contribution in [1.82, 2.24) is 14.9 Å². The molecule has 1 fully saturated rings. The lowest BCUT2D eigenvalue weighted by Crippen LogP contribution is -2.38. The molecule has 0 atom stereocenters. The summed E-state index contributed by atoms with van der Waals surface area (Å²) in [5, 5.41) is 7.30. The van der Waals surface area contributed by atoms with E-state index in [-0.39, 0.29) is 17.7 Å². The number of anilines is 1. The molecule has 1 aliphatic rings. The largest absolute Gasteiger partial charge is 0.342 e. The molecule has 5 rings (SSSR count). The van der Waals surface area contributed by atoms with Gasteiger partial charge in [-0.15, -0.1) is 11.3 Å². The molecule has 0 spiro atoms. The number of hydrogen-bond donors (Lipinski definition) is 1. The van der Waals surface area contributed by atoms with Crippen LogP contribution < -0.4 is 5.32 Å². The summed E-state index contributed by atoms with van der Waals surface area (Å²) in [5.41, 5.74) is 3.69. The van der Waals surface area contributed by atoms with Gasteiger partial charge in [0.2, 0.25) is 5.91 Å². The van der Waals surface area contributed by atoms with Gasteiger partial charge in [-0.3, -0.25) is 14.6 Å². The Morgan fingerprint density at radius 2 is 1.83 bits per heavy atom. The smallest absolute Gasteiger partial charge is 0.275 e. The first-order chi connectivity index (χ1) is 17.0. The number of benzene rings is 2. The molecule has 6 nitrogen and oxygen atoms in total. The average molecular weight is 505 g/mol. The van der Waals surface area contributed by atoms with Crippen LogP contribution in [0.5, 0.6) is 0 Å². The first kappa shape index (κ1) is 23.5. The second-order valence-corrected chi connectivity index (χ2v) is 10.1. The molecule has 3 heterocycles. The molecule has 0 unspecified atom stereocenters. The zero-order valence-corrected chi connectivity index (χ0v) is 20.9. The van der Waals surface area contributed by atoms with Crippen LogP contribution in [0.25, 0.3) is 10.9 Å². The highest BCUT2D eigenvalue weighted by Crippen LogP contribution is 2.31. The topological polar surface area (TPSA) is 75.2 Å². The van der Waals surface area contributed by atoms with Crippen molar-refractivity contribution in [3.63, 3.8) is 0 Å². The van der Waals surface area contributed by atoms with Crippen LogP contribution in [0.1, 0.15) is 45.5 Å². The number of likely N-dealkylation sites (tertiary alicyclic amines) is 1. The van der Waals surface area contributed by atoms with Crippen molar-refractivity contribution in [2.45, 2.75) is 32.1 Å². The van der Waals surface area contributed by atoms with Crippen molar-refractivity contribution >= 4 is 51.3 Å². The highest BCUT2D eigenvalue weighted by atomic mass is 35.5. The predicted octanol–water partition coefficient (Wildman–Crippen LogP) is 5.85. The summed E-state index contributed by atoms with van der Waals surface area (Å²) in [6, 6.07) is 17.1. The SMILES string of the molecule is Cc1cc(NC(=O)c2csc(C3CCN(C(=O)Cc4ccccc4Cl)CC3)n2)c2ccccc2n1. The Morgan fingerprint density at radius 3 is 2.63 bits per heavy atom. The van der Waals surface area contributed by atoms with Gasteiger partial charge >= 0.3 is 0 Å². The standard InChI is InChI=1S/C27H25ClN4O2S/c1-17-14-23(20-7-3-5-9-22(20)29-17)30-26(34)24-16-35-27(31-24)18-10-12-32(13-11-18)25(33)15-19-6-2-4-8-21(19)28/h2-9,14,16,18H,10-13,15H2,1H3,(H,29,30,34). The predicted molar refractivity (Wildman–Crippen MR) is 140 cm³/mol. The number of amides is 2. The quantitative estimate of drug-likeness (QED) is 0.369. The van der Waals surface area contributed by atoms with Crippen molar-refractivity contribution in [3.05, 3.63) is 87.0 Å². The normalized spacial score (nSPS) is 14.3. The number of carbonyl (C=O) groups excluding carboxylic acids is 2. The summed E-state index contributed by atoms with van der Waals surface area (Å²) in [5.74, 6) is 0.112. The third-order valence-electron chi connectivity index (χ3n) is 6.34. The van der Waals surface area contributed by atoms with E-state index >= 15 is 0 Å². The monoisotopic (exact) mass is 504 g/mol. The summed E-state index contributed by atoms with van der Waals surface area (Å²) in [6.07, 6.45) is 1.98. The molecule has 0 bridgehead atoms. The van der Waals surface area contributed by atoms with Gasteiger partial charge in [0.05, 0.1) is 22.6 Å². The van der Waals surface area contributed by atoms with E-state index in [1.807, 2.05) is 71.8 Å². The first-order valence-electron chi connectivity index (χ1n) is 11.6. The molecule has 35 heavy (non-hydrogen) atoms. The fourth-order valence-electron chi connectivity index (χ4n) is 4.47. The second kappa shape index (κ2) is 10.1. The number of pyridine rings is 1. The van der Waals surface area contributed by atoms with Crippen LogP contribution in [-0.2, 0) is 11.2 Å². The third kappa shape index (κ3) is 5.21. The molecule has 1 aliphatic heterocycles. The summed E-state index contributed by atoms with van der Waals surface area (Å²) in [4.78, 5) is 36.8. The molecule has 2 amide bonds. The first-order valence-corrected chi connectivity index (χ1v) is 12.9. The number of thiazole rings is 1. The number of halogens is 1. The number of nitrogens with one attached hydrogen (secondary N) is 1. The zero-order chi connectivity index (χ0) is 24.4. The molecular formula is C27H25ClN4O2S. The zero-order valence-electron chi connectivity index (χ0n) is 19.3. The van der Waals surface area contributed by atoms with E-state index in [2.05, 4.69) is 15.3 Å².